The molecule has 1 aliphatic heterocycles. The molecule has 0 spiro atoms. The number of likely N-dealkylation sites (N-methyl/N-ethyl adjacent to an activating group) is 1. The van der Waals surface area contributed by atoms with Gasteiger partial charge in [0.15, 0.2) is 5.96 Å². The van der Waals surface area contributed by atoms with E-state index >= 15 is 0 Å². The average molecular weight is 441 g/mol. The molecule has 0 aromatic heterocycles. The number of piperazine rings is 1. The Bertz CT molecular complexity index is 309. The third kappa shape index (κ3) is 10.4. The zero-order chi connectivity index (χ0) is 16.2. The number of rotatable bonds is 9. The summed E-state index contributed by atoms with van der Waals surface area (Å²) in [4.78, 5) is 9.64. The van der Waals surface area contributed by atoms with Crippen LogP contribution in [0, 0.1) is 0 Å². The number of nitrogens with one attached hydrogen (secondary N) is 2. The molecule has 23 heavy (non-hydrogen) atoms. The Morgan fingerprint density at radius 3 is 2.48 bits per heavy atom. The van der Waals surface area contributed by atoms with Crippen LogP contribution in [0.3, 0.4) is 0 Å². The van der Waals surface area contributed by atoms with E-state index in [1.54, 1.807) is 0 Å². The summed E-state index contributed by atoms with van der Waals surface area (Å²) in [6, 6.07) is 0.493. The summed E-state index contributed by atoms with van der Waals surface area (Å²) in [6.07, 6.45) is 1.01. The molecule has 1 heterocycles. The van der Waals surface area contributed by atoms with Gasteiger partial charge in [-0.15, -0.1) is 24.0 Å². The molecular weight excluding hydrogens is 405 g/mol. The fraction of sp³-hybridized carbons (Fsp3) is 0.938. The molecule has 2 N–H and O–H groups in total. The molecule has 1 atom stereocenters. The van der Waals surface area contributed by atoms with Crippen molar-refractivity contribution in [1.29, 1.82) is 0 Å². The van der Waals surface area contributed by atoms with E-state index in [2.05, 4.69) is 41.3 Å². The van der Waals surface area contributed by atoms with Crippen LogP contribution < -0.4 is 10.6 Å². The first-order chi connectivity index (χ1) is 10.7. The highest BCUT2D eigenvalue weighted by Crippen LogP contribution is 2.05. The zero-order valence-electron chi connectivity index (χ0n) is 15.3. The van der Waals surface area contributed by atoms with Gasteiger partial charge < -0.3 is 20.3 Å². The molecule has 0 amide bonds. The Morgan fingerprint density at radius 2 is 1.87 bits per heavy atom. The Labute approximate surface area is 159 Å². The van der Waals surface area contributed by atoms with Crippen LogP contribution in [0.4, 0.5) is 0 Å². The van der Waals surface area contributed by atoms with Crippen molar-refractivity contribution >= 4 is 29.9 Å². The number of halogens is 1. The zero-order valence-corrected chi connectivity index (χ0v) is 17.6. The maximum atomic E-state index is 5.35. The van der Waals surface area contributed by atoms with E-state index in [0.29, 0.717) is 6.04 Å². The van der Waals surface area contributed by atoms with E-state index in [0.717, 1.165) is 71.4 Å². The van der Waals surface area contributed by atoms with Crippen LogP contribution >= 0.6 is 24.0 Å². The van der Waals surface area contributed by atoms with Crippen molar-refractivity contribution in [3.8, 4) is 0 Å². The van der Waals surface area contributed by atoms with E-state index in [9.17, 15) is 0 Å². The lowest BCUT2D eigenvalue weighted by molar-refractivity contribution is 0.122. The highest BCUT2D eigenvalue weighted by Gasteiger charge is 2.18. The second-order valence-electron chi connectivity index (χ2n) is 5.89. The topological polar surface area (TPSA) is 52.1 Å². The lowest BCUT2D eigenvalue weighted by atomic mass is 10.2. The fourth-order valence-electron chi connectivity index (χ4n) is 2.47. The molecule has 0 aromatic rings. The van der Waals surface area contributed by atoms with Gasteiger partial charge in [-0.05, 0) is 34.2 Å². The van der Waals surface area contributed by atoms with Crippen LogP contribution in [0.2, 0.25) is 0 Å². The molecule has 0 aliphatic carbocycles. The molecule has 7 heteroatoms. The number of ether oxygens (including phenoxy) is 1. The Balaban J connectivity index is 0.00000484. The van der Waals surface area contributed by atoms with Crippen LogP contribution in [0.1, 0.15) is 27.2 Å². The van der Waals surface area contributed by atoms with E-state index in [1.807, 2.05) is 6.92 Å². The molecule has 1 fully saturated rings. The van der Waals surface area contributed by atoms with Gasteiger partial charge in [0, 0.05) is 58.5 Å². The smallest absolute Gasteiger partial charge is 0.191 e. The number of nitrogens with zero attached hydrogens (tertiary/aromatic N) is 3. The number of hydrogen-bond acceptors (Lipinski definition) is 4. The standard InChI is InChI=1S/C16H35N5O.HI/c1-5-17-16(18-8-7-13-22-6-2)19-14-15(3)21-11-9-20(4)10-12-21;/h15H,5-14H2,1-4H3,(H2,17,18,19);1H. The quantitative estimate of drug-likeness (QED) is 0.244. The highest BCUT2D eigenvalue weighted by molar-refractivity contribution is 14.0. The Hall–Kier alpha value is -0.120. The van der Waals surface area contributed by atoms with Gasteiger partial charge in [0.25, 0.3) is 0 Å². The van der Waals surface area contributed by atoms with Gasteiger partial charge >= 0.3 is 0 Å². The minimum Gasteiger partial charge on any atom is -0.382 e. The second-order valence-corrected chi connectivity index (χ2v) is 5.89. The van der Waals surface area contributed by atoms with Gasteiger partial charge in [0.1, 0.15) is 0 Å². The Kier molecular flexibility index (Phi) is 14.2. The van der Waals surface area contributed by atoms with Gasteiger partial charge in [-0.3, -0.25) is 9.89 Å². The average Bonchev–Trinajstić information content (AvgIpc) is 2.52. The van der Waals surface area contributed by atoms with Crippen LogP contribution in [-0.2, 0) is 4.74 Å². The Morgan fingerprint density at radius 1 is 1.17 bits per heavy atom. The number of aliphatic imine (C=N–C) groups is 1. The number of hydrogen-bond donors (Lipinski definition) is 2. The molecule has 0 radical (unpaired) electrons. The molecular formula is C16H36IN5O. The monoisotopic (exact) mass is 441 g/mol. The molecule has 138 valence electrons. The van der Waals surface area contributed by atoms with Crippen molar-refractivity contribution in [1.82, 2.24) is 20.4 Å². The normalized spacial score (nSPS) is 18.3. The van der Waals surface area contributed by atoms with E-state index < -0.39 is 0 Å². The maximum absolute atomic E-state index is 5.35. The first-order valence-corrected chi connectivity index (χ1v) is 8.69. The molecule has 0 saturated carbocycles. The molecule has 1 saturated heterocycles. The molecule has 0 aromatic carbocycles. The van der Waals surface area contributed by atoms with Crippen LogP contribution in [0.5, 0.6) is 0 Å². The summed E-state index contributed by atoms with van der Waals surface area (Å²) < 4.78 is 5.35. The second kappa shape index (κ2) is 14.2. The minimum atomic E-state index is 0. The van der Waals surface area contributed by atoms with Gasteiger partial charge in [-0.25, -0.2) is 0 Å². The van der Waals surface area contributed by atoms with Crippen molar-refractivity contribution in [2.24, 2.45) is 4.99 Å². The SMILES string of the molecule is CCNC(=NCC(C)N1CCN(C)CC1)NCCCOCC.I. The van der Waals surface area contributed by atoms with Gasteiger partial charge in [-0.2, -0.15) is 0 Å². The lowest BCUT2D eigenvalue weighted by Gasteiger charge is -2.35. The molecule has 1 rings (SSSR count). The predicted octanol–water partition coefficient (Wildman–Crippen LogP) is 1.22. The summed E-state index contributed by atoms with van der Waals surface area (Å²) in [5.74, 6) is 0.917. The van der Waals surface area contributed by atoms with Crippen molar-refractivity contribution in [2.75, 3.05) is 66.1 Å². The molecule has 6 nitrogen and oxygen atoms in total. The van der Waals surface area contributed by atoms with Gasteiger partial charge in [0.2, 0.25) is 0 Å². The summed E-state index contributed by atoms with van der Waals surface area (Å²) in [6.45, 7) is 15.2. The minimum absolute atomic E-state index is 0. The summed E-state index contributed by atoms with van der Waals surface area (Å²) in [5.41, 5.74) is 0. The lowest BCUT2D eigenvalue weighted by Crippen LogP contribution is -2.49. The molecule has 0 bridgehead atoms. The third-order valence-corrected chi connectivity index (χ3v) is 3.98. The van der Waals surface area contributed by atoms with Crippen LogP contribution in [0.15, 0.2) is 4.99 Å². The van der Waals surface area contributed by atoms with Crippen molar-refractivity contribution in [3.63, 3.8) is 0 Å². The maximum Gasteiger partial charge on any atom is 0.191 e. The first-order valence-electron chi connectivity index (χ1n) is 8.69. The van der Waals surface area contributed by atoms with Crippen molar-refractivity contribution in [2.45, 2.75) is 33.2 Å². The van der Waals surface area contributed by atoms with Crippen LogP contribution in [-0.4, -0.2) is 87.9 Å². The number of guanidine groups is 1. The predicted molar refractivity (Wildman–Crippen MR) is 109 cm³/mol. The molecule has 1 unspecified atom stereocenters. The fourth-order valence-corrected chi connectivity index (χ4v) is 2.47. The third-order valence-electron chi connectivity index (χ3n) is 3.98. The molecule has 1 aliphatic rings. The highest BCUT2D eigenvalue weighted by atomic mass is 127. The van der Waals surface area contributed by atoms with E-state index in [-0.39, 0.29) is 24.0 Å². The van der Waals surface area contributed by atoms with Crippen LogP contribution in [0.25, 0.3) is 0 Å². The first kappa shape index (κ1) is 22.9. The van der Waals surface area contributed by atoms with Crippen molar-refractivity contribution in [3.05, 3.63) is 0 Å². The summed E-state index contributed by atoms with van der Waals surface area (Å²) >= 11 is 0. The van der Waals surface area contributed by atoms with Gasteiger partial charge in [-0.1, -0.05) is 0 Å². The summed E-state index contributed by atoms with van der Waals surface area (Å²) in [5, 5.41) is 6.69. The largest absolute Gasteiger partial charge is 0.382 e. The summed E-state index contributed by atoms with van der Waals surface area (Å²) in [7, 11) is 2.19. The van der Waals surface area contributed by atoms with Gasteiger partial charge in [0.05, 0.1) is 6.54 Å². The van der Waals surface area contributed by atoms with E-state index in [4.69, 9.17) is 9.73 Å². The van der Waals surface area contributed by atoms with Crippen molar-refractivity contribution < 1.29 is 4.74 Å². The van der Waals surface area contributed by atoms with E-state index in [1.165, 1.54) is 0 Å².